The highest BCUT2D eigenvalue weighted by molar-refractivity contribution is 5.99. The van der Waals surface area contributed by atoms with E-state index in [9.17, 15) is 4.79 Å². The highest BCUT2D eigenvalue weighted by Gasteiger charge is 2.15. The number of benzene rings is 1. The number of ether oxygens (including phenoxy) is 2. The maximum atomic E-state index is 11.5. The molecule has 0 aliphatic heterocycles. The molecular weight excluding hydrogens is 268 g/mol. The summed E-state index contributed by atoms with van der Waals surface area (Å²) < 4.78 is 10.6. The fourth-order valence-electron chi connectivity index (χ4n) is 1.51. The van der Waals surface area contributed by atoms with Gasteiger partial charge >= 0.3 is 6.09 Å². The van der Waals surface area contributed by atoms with Crippen molar-refractivity contribution in [2.24, 2.45) is 5.10 Å². The molecule has 0 fully saturated rings. The second-order valence-electron chi connectivity index (χ2n) is 5.68. The summed E-state index contributed by atoms with van der Waals surface area (Å²) in [6.45, 7) is 9.99. The van der Waals surface area contributed by atoms with Gasteiger partial charge in [-0.2, -0.15) is 5.10 Å². The van der Waals surface area contributed by atoms with Crippen molar-refractivity contribution in [3.63, 3.8) is 0 Å². The van der Waals surface area contributed by atoms with Crippen molar-refractivity contribution in [2.75, 3.05) is 6.61 Å². The Kier molecular flexibility index (Phi) is 6.21. The van der Waals surface area contributed by atoms with Crippen molar-refractivity contribution in [3.8, 4) is 5.75 Å². The number of amides is 1. The molecule has 0 atom stereocenters. The van der Waals surface area contributed by atoms with Crippen molar-refractivity contribution >= 4 is 11.8 Å². The molecule has 0 aromatic heterocycles. The summed E-state index contributed by atoms with van der Waals surface area (Å²) in [6.07, 6.45) is 0.409. The number of carbonyl (C=O) groups is 1. The first kappa shape index (κ1) is 17.0. The first-order valence-corrected chi connectivity index (χ1v) is 7.08. The average Bonchev–Trinajstić information content (AvgIpc) is 2.41. The van der Waals surface area contributed by atoms with Crippen LogP contribution in [0.25, 0.3) is 0 Å². The van der Waals surface area contributed by atoms with E-state index < -0.39 is 11.7 Å². The predicted octanol–water partition coefficient (Wildman–Crippen LogP) is 3.72. The smallest absolute Gasteiger partial charge is 0.428 e. The van der Waals surface area contributed by atoms with Gasteiger partial charge < -0.3 is 9.47 Å². The molecule has 1 amide bonds. The van der Waals surface area contributed by atoms with Crippen LogP contribution in [0.15, 0.2) is 29.4 Å². The molecule has 1 aromatic carbocycles. The molecule has 21 heavy (non-hydrogen) atoms. The lowest BCUT2D eigenvalue weighted by Crippen LogP contribution is -2.30. The molecule has 0 radical (unpaired) electrons. The van der Waals surface area contributed by atoms with E-state index in [0.29, 0.717) is 12.3 Å². The quantitative estimate of drug-likeness (QED) is 0.664. The minimum Gasteiger partial charge on any atom is -0.494 e. The Labute approximate surface area is 126 Å². The van der Waals surface area contributed by atoms with Gasteiger partial charge in [-0.25, -0.2) is 10.2 Å². The molecule has 1 aromatic rings. The summed E-state index contributed by atoms with van der Waals surface area (Å²) >= 11 is 0. The van der Waals surface area contributed by atoms with Crippen molar-refractivity contribution in [1.82, 2.24) is 5.43 Å². The Morgan fingerprint density at radius 3 is 2.38 bits per heavy atom. The number of rotatable bonds is 5. The van der Waals surface area contributed by atoms with E-state index in [1.807, 2.05) is 31.2 Å². The number of nitrogens with zero attached hydrogens (tertiary/aromatic N) is 1. The lowest BCUT2D eigenvalue weighted by molar-refractivity contribution is 0.0529. The maximum Gasteiger partial charge on any atom is 0.428 e. The van der Waals surface area contributed by atoms with Crippen LogP contribution in [-0.2, 0) is 4.74 Å². The maximum absolute atomic E-state index is 11.5. The fraction of sp³-hybridized carbons (Fsp3) is 0.500. The van der Waals surface area contributed by atoms with Crippen LogP contribution in [-0.4, -0.2) is 24.0 Å². The topological polar surface area (TPSA) is 59.9 Å². The molecule has 1 N–H and O–H groups in total. The Morgan fingerprint density at radius 2 is 1.86 bits per heavy atom. The SMILES string of the molecule is CCCOc1ccc(/C(C)=N\NC(=O)OC(C)(C)C)cc1. The van der Waals surface area contributed by atoms with E-state index in [1.165, 1.54) is 0 Å². The Hall–Kier alpha value is -2.04. The molecule has 1 rings (SSSR count). The number of carbonyl (C=O) groups excluding carboxylic acids is 1. The molecule has 0 spiro atoms. The zero-order valence-corrected chi connectivity index (χ0v) is 13.4. The van der Waals surface area contributed by atoms with Crippen molar-refractivity contribution in [1.29, 1.82) is 0 Å². The number of hydrogen-bond acceptors (Lipinski definition) is 4. The van der Waals surface area contributed by atoms with Gasteiger partial charge in [0.25, 0.3) is 0 Å². The van der Waals surface area contributed by atoms with Crippen LogP contribution in [0.5, 0.6) is 5.75 Å². The van der Waals surface area contributed by atoms with E-state index >= 15 is 0 Å². The normalized spacial score (nSPS) is 12.0. The molecule has 0 saturated heterocycles. The molecule has 0 aliphatic carbocycles. The summed E-state index contributed by atoms with van der Waals surface area (Å²) in [5.41, 5.74) is 3.46. The first-order chi connectivity index (χ1) is 9.81. The standard InChI is InChI=1S/C16H24N2O3/c1-6-11-20-14-9-7-13(8-10-14)12(2)17-18-15(19)21-16(3,4)5/h7-10H,6,11H2,1-5H3,(H,18,19)/b17-12-. The minimum atomic E-state index is -0.565. The van der Waals surface area contributed by atoms with Crippen LogP contribution in [0, 0.1) is 0 Å². The van der Waals surface area contributed by atoms with Gasteiger partial charge in [0.05, 0.1) is 12.3 Å². The van der Waals surface area contributed by atoms with E-state index in [-0.39, 0.29) is 0 Å². The van der Waals surface area contributed by atoms with Crippen molar-refractivity contribution < 1.29 is 14.3 Å². The van der Waals surface area contributed by atoms with Gasteiger partial charge in [0, 0.05) is 0 Å². The summed E-state index contributed by atoms with van der Waals surface area (Å²) in [4.78, 5) is 11.5. The average molecular weight is 292 g/mol. The molecule has 5 heteroatoms. The Bertz CT molecular complexity index is 487. The minimum absolute atomic E-state index is 0.536. The number of hydrazone groups is 1. The van der Waals surface area contributed by atoms with Gasteiger partial charge in [0.2, 0.25) is 0 Å². The third-order valence-electron chi connectivity index (χ3n) is 2.46. The van der Waals surface area contributed by atoms with E-state index in [2.05, 4.69) is 17.5 Å². The van der Waals surface area contributed by atoms with Crippen LogP contribution in [0.2, 0.25) is 0 Å². The molecule has 0 bridgehead atoms. The third-order valence-corrected chi connectivity index (χ3v) is 2.46. The van der Waals surface area contributed by atoms with Crippen molar-refractivity contribution in [3.05, 3.63) is 29.8 Å². The van der Waals surface area contributed by atoms with E-state index in [0.717, 1.165) is 17.7 Å². The van der Waals surface area contributed by atoms with Crippen LogP contribution in [0.3, 0.4) is 0 Å². The van der Waals surface area contributed by atoms with Crippen LogP contribution >= 0.6 is 0 Å². The van der Waals surface area contributed by atoms with Crippen molar-refractivity contribution in [2.45, 2.75) is 46.6 Å². The second kappa shape index (κ2) is 7.67. The summed E-state index contributed by atoms with van der Waals surface area (Å²) in [5.74, 6) is 0.827. The van der Waals surface area contributed by atoms with E-state index in [4.69, 9.17) is 9.47 Å². The van der Waals surface area contributed by atoms with Gasteiger partial charge in [0.15, 0.2) is 0 Å². The first-order valence-electron chi connectivity index (χ1n) is 7.08. The van der Waals surface area contributed by atoms with Crippen LogP contribution in [0.4, 0.5) is 4.79 Å². The zero-order valence-electron chi connectivity index (χ0n) is 13.4. The Morgan fingerprint density at radius 1 is 1.24 bits per heavy atom. The fourth-order valence-corrected chi connectivity index (χ4v) is 1.51. The lowest BCUT2D eigenvalue weighted by Gasteiger charge is -2.18. The van der Waals surface area contributed by atoms with Gasteiger partial charge in [-0.05, 0) is 63.9 Å². The molecule has 0 saturated carbocycles. The predicted molar refractivity (Wildman–Crippen MR) is 83.8 cm³/mol. The second-order valence-corrected chi connectivity index (χ2v) is 5.68. The molecule has 0 aliphatic rings. The van der Waals surface area contributed by atoms with E-state index in [1.54, 1.807) is 20.8 Å². The summed E-state index contributed by atoms with van der Waals surface area (Å²) in [6, 6.07) is 7.58. The highest BCUT2D eigenvalue weighted by Crippen LogP contribution is 2.13. The molecular formula is C16H24N2O3. The lowest BCUT2D eigenvalue weighted by atomic mass is 10.1. The summed E-state index contributed by atoms with van der Waals surface area (Å²) in [7, 11) is 0. The zero-order chi connectivity index (χ0) is 15.9. The largest absolute Gasteiger partial charge is 0.494 e. The monoisotopic (exact) mass is 292 g/mol. The molecule has 5 nitrogen and oxygen atoms in total. The number of hydrogen-bond donors (Lipinski definition) is 1. The van der Waals surface area contributed by atoms with Gasteiger partial charge in [-0.15, -0.1) is 0 Å². The molecule has 116 valence electrons. The molecule has 0 unspecified atom stereocenters. The highest BCUT2D eigenvalue weighted by atomic mass is 16.6. The van der Waals surface area contributed by atoms with Crippen LogP contribution < -0.4 is 10.2 Å². The van der Waals surface area contributed by atoms with Gasteiger partial charge in [0.1, 0.15) is 11.4 Å². The van der Waals surface area contributed by atoms with Crippen LogP contribution in [0.1, 0.15) is 46.6 Å². The third kappa shape index (κ3) is 6.79. The van der Waals surface area contributed by atoms with Gasteiger partial charge in [-0.3, -0.25) is 0 Å². The van der Waals surface area contributed by atoms with Gasteiger partial charge in [-0.1, -0.05) is 6.92 Å². The summed E-state index contributed by atoms with van der Waals surface area (Å²) in [5, 5.41) is 4.02. The number of nitrogens with one attached hydrogen (secondary N) is 1. The Balaban J connectivity index is 2.59. The molecule has 0 heterocycles.